The number of rotatable bonds is 4. The average molecular weight is 419 g/mol. The molecule has 0 saturated heterocycles. The van der Waals surface area contributed by atoms with Gasteiger partial charge in [0, 0.05) is 25.7 Å². The third-order valence-corrected chi connectivity index (χ3v) is 4.57. The van der Waals surface area contributed by atoms with Crippen molar-refractivity contribution in [3.05, 3.63) is 53.4 Å². The SMILES string of the molecule is C=C(C)c1cc2c(cc1C)cc(C(=O)/C(C#N)=C/N(C)C)n2I. The van der Waals surface area contributed by atoms with Crippen molar-refractivity contribution >= 4 is 45.1 Å². The molecule has 1 heterocycles. The first kappa shape index (κ1) is 17.3. The summed E-state index contributed by atoms with van der Waals surface area (Å²) in [5.74, 6) is -0.277. The van der Waals surface area contributed by atoms with Crippen LogP contribution >= 0.6 is 22.9 Å². The van der Waals surface area contributed by atoms with Gasteiger partial charge in [-0.3, -0.25) is 7.58 Å². The van der Waals surface area contributed by atoms with E-state index in [2.05, 4.69) is 29.4 Å². The van der Waals surface area contributed by atoms with Gasteiger partial charge in [-0.25, -0.2) is 0 Å². The van der Waals surface area contributed by atoms with E-state index in [0.717, 1.165) is 27.6 Å². The van der Waals surface area contributed by atoms with Crippen LogP contribution in [0.25, 0.3) is 16.5 Å². The van der Waals surface area contributed by atoms with Crippen molar-refractivity contribution in [2.75, 3.05) is 14.1 Å². The Balaban J connectivity index is 2.64. The maximum Gasteiger partial charge on any atom is 0.222 e. The van der Waals surface area contributed by atoms with Gasteiger partial charge in [0.25, 0.3) is 0 Å². The van der Waals surface area contributed by atoms with Gasteiger partial charge in [-0.2, -0.15) is 5.26 Å². The van der Waals surface area contributed by atoms with Gasteiger partial charge < -0.3 is 4.90 Å². The first-order valence-corrected chi connectivity index (χ1v) is 8.04. The first-order valence-electron chi connectivity index (χ1n) is 7.07. The third-order valence-electron chi connectivity index (χ3n) is 3.53. The van der Waals surface area contributed by atoms with Crippen LogP contribution in [0, 0.1) is 18.3 Å². The molecule has 2 rings (SSSR count). The lowest BCUT2D eigenvalue weighted by Gasteiger charge is -2.07. The summed E-state index contributed by atoms with van der Waals surface area (Å²) in [6.07, 6.45) is 1.54. The van der Waals surface area contributed by atoms with E-state index < -0.39 is 0 Å². The van der Waals surface area contributed by atoms with E-state index >= 15 is 0 Å². The predicted octanol–water partition coefficient (Wildman–Crippen LogP) is 4.33. The quantitative estimate of drug-likeness (QED) is 0.321. The molecular formula is C18H18IN3O. The summed E-state index contributed by atoms with van der Waals surface area (Å²) in [7, 11) is 3.57. The monoisotopic (exact) mass is 419 g/mol. The zero-order valence-corrected chi connectivity index (χ0v) is 15.8. The third kappa shape index (κ3) is 3.32. The summed E-state index contributed by atoms with van der Waals surface area (Å²) < 4.78 is 1.81. The Morgan fingerprint density at radius 1 is 1.39 bits per heavy atom. The van der Waals surface area contributed by atoms with E-state index in [1.165, 1.54) is 0 Å². The van der Waals surface area contributed by atoms with Crippen LogP contribution < -0.4 is 0 Å². The summed E-state index contributed by atoms with van der Waals surface area (Å²) in [5.41, 5.74) is 4.74. The second-order valence-corrected chi connectivity index (χ2v) is 6.73. The number of ketones is 1. The molecule has 23 heavy (non-hydrogen) atoms. The van der Waals surface area contributed by atoms with Crippen molar-refractivity contribution in [1.82, 2.24) is 7.68 Å². The van der Waals surface area contributed by atoms with Gasteiger partial charge in [0.1, 0.15) is 17.3 Å². The fourth-order valence-corrected chi connectivity index (χ4v) is 3.26. The number of nitrogens with zero attached hydrogens (tertiary/aromatic N) is 3. The molecule has 0 amide bonds. The second-order valence-electron chi connectivity index (χ2n) is 5.76. The van der Waals surface area contributed by atoms with Gasteiger partial charge in [0.15, 0.2) is 0 Å². The topological polar surface area (TPSA) is 49.0 Å². The number of aryl methyl sites for hydroxylation is 1. The number of benzene rings is 1. The summed E-state index contributed by atoms with van der Waals surface area (Å²) in [5, 5.41) is 10.2. The number of allylic oxidation sites excluding steroid dienone is 2. The van der Waals surface area contributed by atoms with Crippen LogP contribution in [0.5, 0.6) is 0 Å². The van der Waals surface area contributed by atoms with Crippen LogP contribution in [0.3, 0.4) is 0 Å². The standard InChI is InChI=1S/C18H18IN3O/c1-11(2)15-8-16-13(6-12(15)3)7-17(22(16)19)18(23)14(9-20)10-21(4)5/h6-8,10H,1H2,2-5H3/b14-10+. The normalized spacial score (nSPS) is 11.4. The van der Waals surface area contributed by atoms with E-state index in [-0.39, 0.29) is 11.4 Å². The van der Waals surface area contributed by atoms with Gasteiger partial charge in [0.2, 0.25) is 5.78 Å². The van der Waals surface area contributed by atoms with Crippen molar-refractivity contribution in [3.8, 4) is 6.07 Å². The maximum atomic E-state index is 12.6. The smallest absolute Gasteiger partial charge is 0.222 e. The number of carbonyl (C=O) groups excluding carboxylic acids is 1. The minimum atomic E-state index is -0.277. The van der Waals surface area contributed by atoms with Crippen LogP contribution in [0.2, 0.25) is 0 Å². The molecule has 0 atom stereocenters. The van der Waals surface area contributed by atoms with E-state index in [9.17, 15) is 10.1 Å². The number of halogens is 1. The highest BCUT2D eigenvalue weighted by Crippen LogP contribution is 2.29. The molecule has 0 saturated carbocycles. The fourth-order valence-electron chi connectivity index (χ4n) is 2.49. The highest BCUT2D eigenvalue weighted by atomic mass is 127. The molecule has 0 spiro atoms. The summed E-state index contributed by atoms with van der Waals surface area (Å²) in [6.45, 7) is 8.00. The molecule has 118 valence electrons. The Labute approximate surface area is 150 Å². The second kappa shape index (κ2) is 6.59. The average Bonchev–Trinajstić information content (AvgIpc) is 2.79. The Morgan fingerprint density at radius 2 is 2.04 bits per heavy atom. The molecule has 0 bridgehead atoms. The van der Waals surface area contributed by atoms with Crippen molar-refractivity contribution in [1.29, 1.82) is 5.26 Å². The number of aromatic nitrogens is 1. The highest BCUT2D eigenvalue weighted by molar-refractivity contribution is 14.1. The molecule has 4 nitrogen and oxygen atoms in total. The number of nitriles is 1. The van der Waals surface area contributed by atoms with Crippen LogP contribution in [0.1, 0.15) is 28.5 Å². The van der Waals surface area contributed by atoms with Crippen LogP contribution in [-0.4, -0.2) is 27.6 Å². The molecule has 0 aliphatic carbocycles. The molecular weight excluding hydrogens is 401 g/mol. The van der Waals surface area contributed by atoms with Gasteiger partial charge in [-0.05, 0) is 43.2 Å². The molecule has 1 aromatic heterocycles. The fraction of sp³-hybridized carbons (Fsp3) is 0.222. The molecule has 0 aliphatic heterocycles. The highest BCUT2D eigenvalue weighted by Gasteiger charge is 2.19. The van der Waals surface area contributed by atoms with E-state index in [4.69, 9.17) is 0 Å². The molecule has 0 fully saturated rings. The Morgan fingerprint density at radius 3 is 2.57 bits per heavy atom. The maximum absolute atomic E-state index is 12.6. The zero-order valence-electron chi connectivity index (χ0n) is 13.6. The number of carbonyl (C=O) groups is 1. The molecule has 0 radical (unpaired) electrons. The van der Waals surface area contributed by atoms with Crippen molar-refractivity contribution in [2.24, 2.45) is 0 Å². The summed E-state index contributed by atoms with van der Waals surface area (Å²) in [4.78, 5) is 14.3. The summed E-state index contributed by atoms with van der Waals surface area (Å²) >= 11 is 2.10. The van der Waals surface area contributed by atoms with Gasteiger partial charge in [0.05, 0.1) is 28.4 Å². The Kier molecular flexibility index (Phi) is 4.95. The van der Waals surface area contributed by atoms with Crippen molar-refractivity contribution < 1.29 is 4.79 Å². The lowest BCUT2D eigenvalue weighted by atomic mass is 10.0. The Hall–Kier alpha value is -2.07. The first-order chi connectivity index (χ1) is 10.8. The number of hydrogen-bond donors (Lipinski definition) is 0. The van der Waals surface area contributed by atoms with E-state index in [1.807, 2.05) is 40.9 Å². The lowest BCUT2D eigenvalue weighted by Crippen LogP contribution is -2.10. The number of fused-ring (bicyclic) bond motifs is 1. The predicted molar refractivity (Wildman–Crippen MR) is 103 cm³/mol. The largest absolute Gasteiger partial charge is 0.382 e. The lowest BCUT2D eigenvalue weighted by molar-refractivity contribution is 0.103. The number of Topliss-reactive ketones (excluding diaryl/α,β-unsaturated/α-hetero) is 1. The van der Waals surface area contributed by atoms with E-state index in [0.29, 0.717) is 5.69 Å². The molecule has 2 aromatic rings. The van der Waals surface area contributed by atoms with Crippen LogP contribution in [-0.2, 0) is 0 Å². The van der Waals surface area contributed by atoms with Crippen molar-refractivity contribution in [2.45, 2.75) is 13.8 Å². The minimum Gasteiger partial charge on any atom is -0.382 e. The molecule has 0 N–H and O–H groups in total. The van der Waals surface area contributed by atoms with Gasteiger partial charge in [-0.15, -0.1) is 0 Å². The van der Waals surface area contributed by atoms with Gasteiger partial charge in [-0.1, -0.05) is 12.2 Å². The molecule has 1 aromatic carbocycles. The zero-order chi connectivity index (χ0) is 17.3. The Bertz CT molecular complexity index is 882. The van der Waals surface area contributed by atoms with Gasteiger partial charge >= 0.3 is 0 Å². The number of hydrogen-bond acceptors (Lipinski definition) is 3. The van der Waals surface area contributed by atoms with Crippen LogP contribution in [0.4, 0.5) is 0 Å². The molecule has 0 aliphatic rings. The molecule has 0 unspecified atom stereocenters. The van der Waals surface area contributed by atoms with Crippen LogP contribution in [0.15, 0.2) is 36.6 Å². The minimum absolute atomic E-state index is 0.118. The summed E-state index contributed by atoms with van der Waals surface area (Å²) in [6, 6.07) is 7.91. The molecule has 5 heteroatoms. The van der Waals surface area contributed by atoms with Crippen molar-refractivity contribution in [3.63, 3.8) is 0 Å². The van der Waals surface area contributed by atoms with E-state index in [1.54, 1.807) is 25.2 Å².